The second kappa shape index (κ2) is 7.98. The van der Waals surface area contributed by atoms with Crippen molar-refractivity contribution < 1.29 is 9.90 Å². The highest BCUT2D eigenvalue weighted by Gasteiger charge is 2.20. The van der Waals surface area contributed by atoms with Crippen molar-refractivity contribution in [2.45, 2.75) is 6.04 Å². The van der Waals surface area contributed by atoms with E-state index in [0.717, 1.165) is 10.9 Å². The SMILES string of the molecule is CNC(=O)c1ccc(C(Nc2ccccn2)c2ccc3cccnc3c2O)cc1. The topological polar surface area (TPSA) is 87.1 Å². The molecule has 0 saturated carbocycles. The van der Waals surface area contributed by atoms with E-state index < -0.39 is 0 Å². The first-order valence-electron chi connectivity index (χ1n) is 9.23. The van der Waals surface area contributed by atoms with E-state index in [1.54, 1.807) is 31.6 Å². The highest BCUT2D eigenvalue weighted by atomic mass is 16.3. The van der Waals surface area contributed by atoms with Crippen molar-refractivity contribution in [3.8, 4) is 5.75 Å². The number of amides is 1. The highest BCUT2D eigenvalue weighted by Crippen LogP contribution is 2.36. The van der Waals surface area contributed by atoms with E-state index in [1.165, 1.54) is 0 Å². The summed E-state index contributed by atoms with van der Waals surface area (Å²) in [7, 11) is 1.60. The van der Waals surface area contributed by atoms with Gasteiger partial charge < -0.3 is 15.7 Å². The van der Waals surface area contributed by atoms with Gasteiger partial charge in [-0.25, -0.2) is 4.98 Å². The molecule has 0 bridgehead atoms. The summed E-state index contributed by atoms with van der Waals surface area (Å²) >= 11 is 0. The Morgan fingerprint density at radius 3 is 2.45 bits per heavy atom. The van der Waals surface area contributed by atoms with E-state index in [9.17, 15) is 9.90 Å². The number of phenolic OH excluding ortho intramolecular Hbond substituents is 1. The van der Waals surface area contributed by atoms with E-state index in [-0.39, 0.29) is 17.7 Å². The van der Waals surface area contributed by atoms with Gasteiger partial charge in [-0.3, -0.25) is 9.78 Å². The Hall–Kier alpha value is -3.93. The quantitative estimate of drug-likeness (QED) is 0.486. The van der Waals surface area contributed by atoms with Gasteiger partial charge >= 0.3 is 0 Å². The lowest BCUT2D eigenvalue weighted by atomic mass is 9.95. The molecule has 144 valence electrons. The average Bonchev–Trinajstić information content (AvgIpc) is 2.78. The van der Waals surface area contributed by atoms with Crippen LogP contribution in [-0.4, -0.2) is 28.0 Å². The molecule has 2 aromatic carbocycles. The molecule has 3 N–H and O–H groups in total. The summed E-state index contributed by atoms with van der Waals surface area (Å²) in [5.41, 5.74) is 2.67. The molecular weight excluding hydrogens is 364 g/mol. The molecule has 2 heterocycles. The first-order chi connectivity index (χ1) is 14.2. The zero-order valence-electron chi connectivity index (χ0n) is 15.8. The maximum atomic E-state index is 11.9. The molecule has 6 heteroatoms. The van der Waals surface area contributed by atoms with Crippen molar-refractivity contribution in [1.82, 2.24) is 15.3 Å². The number of pyridine rings is 2. The molecule has 29 heavy (non-hydrogen) atoms. The van der Waals surface area contributed by atoms with Crippen LogP contribution in [0.1, 0.15) is 27.5 Å². The van der Waals surface area contributed by atoms with Gasteiger partial charge in [0.05, 0.1) is 6.04 Å². The van der Waals surface area contributed by atoms with Crippen molar-refractivity contribution in [2.75, 3.05) is 12.4 Å². The first kappa shape index (κ1) is 18.4. The summed E-state index contributed by atoms with van der Waals surface area (Å²) in [5, 5.41) is 17.8. The van der Waals surface area contributed by atoms with Crippen LogP contribution in [0.3, 0.4) is 0 Å². The maximum absolute atomic E-state index is 11.9. The predicted molar refractivity (Wildman–Crippen MR) is 113 cm³/mol. The van der Waals surface area contributed by atoms with Gasteiger partial charge in [-0.05, 0) is 35.9 Å². The number of benzene rings is 2. The monoisotopic (exact) mass is 384 g/mol. The lowest BCUT2D eigenvalue weighted by Crippen LogP contribution is -2.18. The van der Waals surface area contributed by atoms with Crippen molar-refractivity contribution >= 4 is 22.6 Å². The van der Waals surface area contributed by atoms with E-state index in [4.69, 9.17) is 0 Å². The van der Waals surface area contributed by atoms with Gasteiger partial charge in [0.2, 0.25) is 0 Å². The van der Waals surface area contributed by atoms with E-state index in [0.29, 0.717) is 22.5 Å². The van der Waals surface area contributed by atoms with Crippen LogP contribution in [-0.2, 0) is 0 Å². The van der Waals surface area contributed by atoms with Gasteiger partial charge in [-0.15, -0.1) is 0 Å². The van der Waals surface area contributed by atoms with Crippen molar-refractivity contribution in [1.29, 1.82) is 0 Å². The molecule has 4 rings (SSSR count). The minimum Gasteiger partial charge on any atom is -0.505 e. The van der Waals surface area contributed by atoms with Gasteiger partial charge in [0.1, 0.15) is 17.1 Å². The van der Waals surface area contributed by atoms with Gasteiger partial charge in [0.25, 0.3) is 5.91 Å². The Bertz CT molecular complexity index is 1140. The molecule has 0 aliphatic rings. The molecule has 2 aromatic heterocycles. The first-order valence-corrected chi connectivity index (χ1v) is 9.23. The molecule has 0 saturated heterocycles. The smallest absolute Gasteiger partial charge is 0.251 e. The molecule has 6 nitrogen and oxygen atoms in total. The molecule has 1 unspecified atom stereocenters. The fourth-order valence-corrected chi connectivity index (χ4v) is 3.29. The minimum atomic E-state index is -0.380. The third-order valence-corrected chi connectivity index (χ3v) is 4.78. The zero-order chi connectivity index (χ0) is 20.2. The van der Waals surface area contributed by atoms with Gasteiger partial charge in [-0.2, -0.15) is 0 Å². The number of rotatable bonds is 5. The largest absolute Gasteiger partial charge is 0.505 e. The third-order valence-electron chi connectivity index (χ3n) is 4.78. The summed E-state index contributed by atoms with van der Waals surface area (Å²) in [5.74, 6) is 0.642. The Labute approximate surface area is 168 Å². The molecule has 4 aromatic rings. The molecule has 0 radical (unpaired) electrons. The van der Waals surface area contributed by atoms with Crippen LogP contribution < -0.4 is 10.6 Å². The number of carbonyl (C=O) groups excluding carboxylic acids is 1. The van der Waals surface area contributed by atoms with Crippen molar-refractivity contribution in [2.24, 2.45) is 0 Å². The van der Waals surface area contributed by atoms with Crippen molar-refractivity contribution in [3.63, 3.8) is 0 Å². The Morgan fingerprint density at radius 2 is 1.72 bits per heavy atom. The summed E-state index contributed by atoms with van der Waals surface area (Å²) in [4.78, 5) is 20.5. The van der Waals surface area contributed by atoms with Gasteiger partial charge in [0, 0.05) is 36.0 Å². The van der Waals surface area contributed by atoms with Crippen LogP contribution in [0.5, 0.6) is 5.75 Å². The Morgan fingerprint density at radius 1 is 0.931 bits per heavy atom. The van der Waals surface area contributed by atoms with Crippen LogP contribution in [0.4, 0.5) is 5.82 Å². The number of hydrogen-bond donors (Lipinski definition) is 3. The zero-order valence-corrected chi connectivity index (χ0v) is 15.8. The van der Waals surface area contributed by atoms with Crippen LogP contribution in [0.2, 0.25) is 0 Å². The number of aromatic nitrogens is 2. The number of phenols is 1. The van der Waals surface area contributed by atoms with Gasteiger partial charge in [-0.1, -0.05) is 36.4 Å². The number of fused-ring (bicyclic) bond motifs is 1. The normalized spacial score (nSPS) is 11.8. The fourth-order valence-electron chi connectivity index (χ4n) is 3.29. The van der Waals surface area contributed by atoms with Gasteiger partial charge in [0.15, 0.2) is 0 Å². The second-order valence-corrected chi connectivity index (χ2v) is 6.57. The standard InChI is InChI=1S/C23H20N4O2/c1-24-23(29)17-9-7-16(8-10-17)20(27-19-6-2-3-13-25-19)18-12-11-15-5-4-14-26-21(15)22(18)28/h2-14,20,28H,1H3,(H,24,29)(H,25,27). The molecule has 0 fully saturated rings. The number of aromatic hydroxyl groups is 1. The number of hydrogen-bond acceptors (Lipinski definition) is 5. The predicted octanol–water partition coefficient (Wildman–Crippen LogP) is 3.90. The van der Waals surface area contributed by atoms with Crippen LogP contribution in [0.15, 0.2) is 79.1 Å². The highest BCUT2D eigenvalue weighted by molar-refractivity contribution is 5.94. The summed E-state index contributed by atoms with van der Waals surface area (Å²) < 4.78 is 0. The van der Waals surface area contributed by atoms with E-state index in [1.807, 2.05) is 54.6 Å². The summed E-state index contributed by atoms with van der Waals surface area (Å²) in [6.45, 7) is 0. The van der Waals surface area contributed by atoms with Crippen LogP contribution >= 0.6 is 0 Å². The number of carbonyl (C=O) groups is 1. The number of nitrogens with zero attached hydrogens (tertiary/aromatic N) is 2. The molecule has 0 aliphatic heterocycles. The summed E-state index contributed by atoms with van der Waals surface area (Å²) in [6, 6.07) is 20.0. The van der Waals surface area contributed by atoms with E-state index in [2.05, 4.69) is 20.6 Å². The number of anilines is 1. The van der Waals surface area contributed by atoms with Crippen molar-refractivity contribution in [3.05, 3.63) is 95.8 Å². The lowest BCUT2D eigenvalue weighted by molar-refractivity contribution is 0.0963. The van der Waals surface area contributed by atoms with Crippen LogP contribution in [0.25, 0.3) is 10.9 Å². The molecule has 0 aliphatic carbocycles. The average molecular weight is 384 g/mol. The molecule has 0 spiro atoms. The molecule has 1 amide bonds. The van der Waals surface area contributed by atoms with E-state index >= 15 is 0 Å². The summed E-state index contributed by atoms with van der Waals surface area (Å²) in [6.07, 6.45) is 3.36. The fraction of sp³-hybridized carbons (Fsp3) is 0.0870. The number of nitrogens with one attached hydrogen (secondary N) is 2. The maximum Gasteiger partial charge on any atom is 0.251 e. The van der Waals surface area contributed by atoms with Crippen LogP contribution in [0, 0.1) is 0 Å². The third kappa shape index (κ3) is 3.73. The Balaban J connectivity index is 1.81. The molecule has 1 atom stereocenters. The minimum absolute atomic E-state index is 0.118. The second-order valence-electron chi connectivity index (χ2n) is 6.57. The Kier molecular flexibility index (Phi) is 5.07. The lowest BCUT2D eigenvalue weighted by Gasteiger charge is -2.22. The molecular formula is C23H20N4O2.